The lowest BCUT2D eigenvalue weighted by Gasteiger charge is -2.34. The second kappa shape index (κ2) is 7.33. The Hall–Kier alpha value is -2.25. The van der Waals surface area contributed by atoms with Crippen molar-refractivity contribution in [2.24, 2.45) is 0 Å². The van der Waals surface area contributed by atoms with Gasteiger partial charge in [0.2, 0.25) is 0 Å². The molecular weight excluding hydrogens is 318 g/mol. The fourth-order valence-corrected chi connectivity index (χ4v) is 3.44. The molecule has 7 nitrogen and oxygen atoms in total. The zero-order valence-corrected chi connectivity index (χ0v) is 15.1. The first kappa shape index (κ1) is 17.6. The SMILES string of the molecule is Cc1cccc(CN2CCN(Cn3nc(C)c([N+](=O)[O-])c3C)CC2)c1. The standard InChI is InChI=1S/C18H25N5O2/c1-14-5-4-6-17(11-14)12-20-7-9-21(10-8-20)13-22-16(3)18(23(24)25)15(2)19-22/h4-6,11H,7-10,12-13H2,1-3H3. The van der Waals surface area contributed by atoms with Gasteiger partial charge >= 0.3 is 5.69 Å². The first-order valence-electron chi connectivity index (χ1n) is 8.62. The van der Waals surface area contributed by atoms with Crippen LogP contribution in [0.4, 0.5) is 5.69 Å². The Morgan fingerprint density at radius 2 is 1.80 bits per heavy atom. The van der Waals surface area contributed by atoms with Crippen LogP contribution in [0.5, 0.6) is 0 Å². The van der Waals surface area contributed by atoms with Crippen molar-refractivity contribution < 1.29 is 4.92 Å². The quantitative estimate of drug-likeness (QED) is 0.616. The van der Waals surface area contributed by atoms with Crippen molar-refractivity contribution >= 4 is 5.69 Å². The van der Waals surface area contributed by atoms with Crippen LogP contribution in [0.1, 0.15) is 22.5 Å². The summed E-state index contributed by atoms with van der Waals surface area (Å²) in [5, 5.41) is 15.5. The summed E-state index contributed by atoms with van der Waals surface area (Å²) in [7, 11) is 0. The molecule has 2 heterocycles. The molecule has 7 heteroatoms. The number of nitro groups is 1. The highest BCUT2D eigenvalue weighted by Crippen LogP contribution is 2.22. The summed E-state index contributed by atoms with van der Waals surface area (Å²) in [5.41, 5.74) is 3.90. The number of rotatable bonds is 5. The third-order valence-electron chi connectivity index (χ3n) is 4.81. The Kier molecular flexibility index (Phi) is 5.15. The number of nitrogens with zero attached hydrogens (tertiary/aromatic N) is 5. The molecule has 1 fully saturated rings. The van der Waals surface area contributed by atoms with Crippen molar-refractivity contribution in [3.05, 3.63) is 56.9 Å². The van der Waals surface area contributed by atoms with E-state index in [2.05, 4.69) is 46.1 Å². The largest absolute Gasteiger partial charge is 0.312 e. The lowest BCUT2D eigenvalue weighted by atomic mass is 10.1. The van der Waals surface area contributed by atoms with Crippen LogP contribution in [-0.2, 0) is 13.2 Å². The topological polar surface area (TPSA) is 67.4 Å². The maximum absolute atomic E-state index is 11.1. The van der Waals surface area contributed by atoms with Crippen molar-refractivity contribution in [2.75, 3.05) is 26.2 Å². The molecule has 1 aliphatic heterocycles. The van der Waals surface area contributed by atoms with Crippen LogP contribution in [0.15, 0.2) is 24.3 Å². The Labute approximate surface area is 148 Å². The molecule has 1 aromatic heterocycles. The van der Waals surface area contributed by atoms with E-state index in [1.54, 1.807) is 18.5 Å². The lowest BCUT2D eigenvalue weighted by Crippen LogP contribution is -2.46. The van der Waals surface area contributed by atoms with E-state index in [0.29, 0.717) is 18.1 Å². The number of piperazine rings is 1. The molecule has 3 rings (SSSR count). The van der Waals surface area contributed by atoms with Crippen LogP contribution in [0, 0.1) is 30.9 Å². The average Bonchev–Trinajstić information content (AvgIpc) is 2.83. The molecule has 0 unspecified atom stereocenters. The predicted octanol–water partition coefficient (Wildman–Crippen LogP) is 2.49. The minimum Gasteiger partial charge on any atom is -0.297 e. The molecule has 0 N–H and O–H groups in total. The molecule has 1 aliphatic rings. The van der Waals surface area contributed by atoms with Gasteiger partial charge in [-0.25, -0.2) is 4.68 Å². The fourth-order valence-electron chi connectivity index (χ4n) is 3.44. The van der Waals surface area contributed by atoms with Crippen LogP contribution in [0.25, 0.3) is 0 Å². The fraction of sp³-hybridized carbons (Fsp3) is 0.500. The highest BCUT2D eigenvalue weighted by Gasteiger charge is 2.24. The Balaban J connectivity index is 1.56. The zero-order chi connectivity index (χ0) is 18.0. The van der Waals surface area contributed by atoms with Gasteiger partial charge in [-0.15, -0.1) is 0 Å². The number of aryl methyl sites for hydroxylation is 2. The molecule has 0 spiro atoms. The van der Waals surface area contributed by atoms with Crippen molar-refractivity contribution in [3.63, 3.8) is 0 Å². The van der Waals surface area contributed by atoms with Gasteiger partial charge in [0, 0.05) is 32.7 Å². The van der Waals surface area contributed by atoms with Gasteiger partial charge in [0.15, 0.2) is 0 Å². The highest BCUT2D eigenvalue weighted by atomic mass is 16.6. The second-order valence-corrected chi connectivity index (χ2v) is 6.80. The van der Waals surface area contributed by atoms with Gasteiger partial charge < -0.3 is 0 Å². The number of hydrogen-bond donors (Lipinski definition) is 0. The molecular formula is C18H25N5O2. The van der Waals surface area contributed by atoms with E-state index in [9.17, 15) is 10.1 Å². The molecule has 1 saturated heterocycles. The van der Waals surface area contributed by atoms with Crippen molar-refractivity contribution in [3.8, 4) is 0 Å². The molecule has 0 amide bonds. The van der Waals surface area contributed by atoms with Gasteiger partial charge in [-0.3, -0.25) is 19.9 Å². The molecule has 0 atom stereocenters. The third-order valence-corrected chi connectivity index (χ3v) is 4.81. The summed E-state index contributed by atoms with van der Waals surface area (Å²) in [6, 6.07) is 8.64. The molecule has 134 valence electrons. The summed E-state index contributed by atoms with van der Waals surface area (Å²) < 4.78 is 1.75. The van der Waals surface area contributed by atoms with E-state index in [-0.39, 0.29) is 10.6 Å². The first-order valence-corrected chi connectivity index (χ1v) is 8.62. The van der Waals surface area contributed by atoms with Crippen LogP contribution >= 0.6 is 0 Å². The van der Waals surface area contributed by atoms with Crippen LogP contribution in [0.3, 0.4) is 0 Å². The molecule has 0 saturated carbocycles. The maximum atomic E-state index is 11.1. The molecule has 0 bridgehead atoms. The van der Waals surface area contributed by atoms with Gasteiger partial charge in [0.05, 0.1) is 11.6 Å². The summed E-state index contributed by atoms with van der Waals surface area (Å²) in [5.74, 6) is 0. The van der Waals surface area contributed by atoms with Crippen LogP contribution < -0.4 is 0 Å². The maximum Gasteiger partial charge on any atom is 0.312 e. The van der Waals surface area contributed by atoms with Gasteiger partial charge in [0.25, 0.3) is 0 Å². The Morgan fingerprint density at radius 3 is 2.40 bits per heavy atom. The lowest BCUT2D eigenvalue weighted by molar-refractivity contribution is -0.386. The van der Waals surface area contributed by atoms with Gasteiger partial charge in [-0.05, 0) is 26.3 Å². The third kappa shape index (κ3) is 4.05. The minimum absolute atomic E-state index is 0.137. The van der Waals surface area contributed by atoms with E-state index in [1.165, 1.54) is 11.1 Å². The van der Waals surface area contributed by atoms with Crippen molar-refractivity contribution in [2.45, 2.75) is 34.0 Å². The summed E-state index contributed by atoms with van der Waals surface area (Å²) in [4.78, 5) is 15.5. The Bertz CT molecular complexity index is 763. The van der Waals surface area contributed by atoms with E-state index in [1.807, 2.05) is 0 Å². The highest BCUT2D eigenvalue weighted by molar-refractivity contribution is 5.39. The predicted molar refractivity (Wildman–Crippen MR) is 96.4 cm³/mol. The summed E-state index contributed by atoms with van der Waals surface area (Å²) in [6.45, 7) is 11.0. The molecule has 0 radical (unpaired) electrons. The van der Waals surface area contributed by atoms with Crippen molar-refractivity contribution in [1.29, 1.82) is 0 Å². The van der Waals surface area contributed by atoms with E-state index in [0.717, 1.165) is 32.7 Å². The smallest absolute Gasteiger partial charge is 0.297 e. The normalized spacial score (nSPS) is 16.3. The van der Waals surface area contributed by atoms with Crippen molar-refractivity contribution in [1.82, 2.24) is 19.6 Å². The molecule has 1 aromatic carbocycles. The molecule has 2 aromatic rings. The molecule has 25 heavy (non-hydrogen) atoms. The van der Waals surface area contributed by atoms with E-state index < -0.39 is 0 Å². The van der Waals surface area contributed by atoms with Gasteiger partial charge in [0.1, 0.15) is 11.4 Å². The first-order chi connectivity index (χ1) is 11.9. The number of hydrogen-bond acceptors (Lipinski definition) is 5. The van der Waals surface area contributed by atoms with E-state index >= 15 is 0 Å². The molecule has 0 aliphatic carbocycles. The second-order valence-electron chi connectivity index (χ2n) is 6.80. The summed E-state index contributed by atoms with van der Waals surface area (Å²) in [6.07, 6.45) is 0. The average molecular weight is 343 g/mol. The zero-order valence-electron chi connectivity index (χ0n) is 15.1. The van der Waals surface area contributed by atoms with Crippen LogP contribution in [0.2, 0.25) is 0 Å². The number of benzene rings is 1. The van der Waals surface area contributed by atoms with Gasteiger partial charge in [-0.1, -0.05) is 29.8 Å². The monoisotopic (exact) mass is 343 g/mol. The van der Waals surface area contributed by atoms with Crippen LogP contribution in [-0.4, -0.2) is 50.7 Å². The van der Waals surface area contributed by atoms with E-state index in [4.69, 9.17) is 0 Å². The number of aromatic nitrogens is 2. The minimum atomic E-state index is -0.339. The van der Waals surface area contributed by atoms with Gasteiger partial charge in [-0.2, -0.15) is 5.10 Å². The summed E-state index contributed by atoms with van der Waals surface area (Å²) >= 11 is 0. The Morgan fingerprint density at radius 1 is 1.12 bits per heavy atom.